The summed E-state index contributed by atoms with van der Waals surface area (Å²) in [5, 5.41) is 6.86. The van der Waals surface area contributed by atoms with Crippen LogP contribution in [0.3, 0.4) is 0 Å². The third-order valence-electron chi connectivity index (χ3n) is 3.34. The first kappa shape index (κ1) is 18.5. The van der Waals surface area contributed by atoms with Crippen LogP contribution in [0, 0.1) is 6.92 Å². The molecule has 8 heteroatoms. The number of pyridine rings is 1. The van der Waals surface area contributed by atoms with Crippen LogP contribution in [0.15, 0.2) is 53.1 Å². The Morgan fingerprint density at radius 1 is 1.30 bits per heavy atom. The second kappa shape index (κ2) is 8.91. The molecule has 27 heavy (non-hydrogen) atoms. The SMILES string of the molecule is CCOC(=O)c1ccnc(Oc2ccc(C=NNc3nc(C)cs3)cc2)c1. The van der Waals surface area contributed by atoms with E-state index >= 15 is 0 Å². The summed E-state index contributed by atoms with van der Waals surface area (Å²) < 4.78 is 10.7. The van der Waals surface area contributed by atoms with Gasteiger partial charge in [0.25, 0.3) is 0 Å². The van der Waals surface area contributed by atoms with Crippen LogP contribution >= 0.6 is 11.3 Å². The minimum Gasteiger partial charge on any atom is -0.462 e. The Balaban J connectivity index is 1.60. The molecule has 0 spiro atoms. The van der Waals surface area contributed by atoms with E-state index < -0.39 is 5.97 Å². The molecule has 0 aliphatic carbocycles. The van der Waals surface area contributed by atoms with E-state index in [1.54, 1.807) is 37.4 Å². The van der Waals surface area contributed by atoms with Crippen LogP contribution in [0.1, 0.15) is 28.5 Å². The number of anilines is 1. The van der Waals surface area contributed by atoms with Gasteiger partial charge < -0.3 is 9.47 Å². The maximum absolute atomic E-state index is 11.8. The van der Waals surface area contributed by atoms with Crippen LogP contribution in [-0.4, -0.2) is 28.8 Å². The molecule has 3 aromatic rings. The first-order valence-electron chi connectivity index (χ1n) is 8.26. The number of nitrogens with one attached hydrogen (secondary N) is 1. The molecule has 0 amide bonds. The molecule has 0 bridgehead atoms. The van der Waals surface area contributed by atoms with E-state index in [2.05, 4.69) is 20.5 Å². The van der Waals surface area contributed by atoms with E-state index in [4.69, 9.17) is 9.47 Å². The fourth-order valence-corrected chi connectivity index (χ4v) is 2.75. The molecular formula is C19H18N4O3S. The molecule has 7 nitrogen and oxygen atoms in total. The third kappa shape index (κ3) is 5.35. The minimum atomic E-state index is -0.403. The summed E-state index contributed by atoms with van der Waals surface area (Å²) in [7, 11) is 0. The highest BCUT2D eigenvalue weighted by atomic mass is 32.1. The van der Waals surface area contributed by atoms with Crippen molar-refractivity contribution >= 4 is 28.7 Å². The maximum atomic E-state index is 11.8. The van der Waals surface area contributed by atoms with Gasteiger partial charge in [0.1, 0.15) is 5.75 Å². The van der Waals surface area contributed by atoms with Crippen molar-refractivity contribution in [2.45, 2.75) is 13.8 Å². The van der Waals surface area contributed by atoms with Crippen LogP contribution in [0.4, 0.5) is 5.13 Å². The largest absolute Gasteiger partial charge is 0.462 e. The van der Waals surface area contributed by atoms with Crippen LogP contribution in [0.2, 0.25) is 0 Å². The molecule has 138 valence electrons. The molecule has 0 fully saturated rings. The monoisotopic (exact) mass is 382 g/mol. The summed E-state index contributed by atoms with van der Waals surface area (Å²) in [6.45, 7) is 4.01. The standard InChI is InChI=1S/C19H18N4O3S/c1-3-25-18(24)15-8-9-20-17(10-15)26-16-6-4-14(5-7-16)11-21-23-19-22-13(2)12-27-19/h4-12H,3H2,1-2H3,(H,22,23). The molecule has 0 aliphatic rings. The molecule has 2 aromatic heterocycles. The summed E-state index contributed by atoms with van der Waals surface area (Å²) in [6, 6.07) is 10.5. The molecule has 0 atom stereocenters. The Bertz CT molecular complexity index is 938. The lowest BCUT2D eigenvalue weighted by molar-refractivity contribution is 0.0526. The van der Waals surface area contributed by atoms with Gasteiger partial charge in [0.2, 0.25) is 11.0 Å². The van der Waals surface area contributed by atoms with Crippen LogP contribution < -0.4 is 10.2 Å². The molecule has 0 unspecified atom stereocenters. The van der Waals surface area contributed by atoms with Crippen LogP contribution in [0.5, 0.6) is 11.6 Å². The summed E-state index contributed by atoms with van der Waals surface area (Å²) in [6.07, 6.45) is 3.20. The van der Waals surface area contributed by atoms with E-state index in [0.29, 0.717) is 23.8 Å². The van der Waals surface area contributed by atoms with Crippen molar-refractivity contribution in [2.24, 2.45) is 5.10 Å². The highest BCUT2D eigenvalue weighted by molar-refractivity contribution is 7.13. The number of hydrogen-bond acceptors (Lipinski definition) is 8. The average molecular weight is 382 g/mol. The van der Waals surface area contributed by atoms with Gasteiger partial charge in [0, 0.05) is 17.6 Å². The van der Waals surface area contributed by atoms with Gasteiger partial charge >= 0.3 is 5.97 Å². The number of carbonyl (C=O) groups is 1. The zero-order chi connectivity index (χ0) is 19.1. The Morgan fingerprint density at radius 2 is 2.11 bits per heavy atom. The average Bonchev–Trinajstić information content (AvgIpc) is 3.09. The maximum Gasteiger partial charge on any atom is 0.338 e. The zero-order valence-electron chi connectivity index (χ0n) is 14.9. The lowest BCUT2D eigenvalue weighted by Crippen LogP contribution is -2.05. The molecule has 0 saturated heterocycles. The first-order valence-corrected chi connectivity index (χ1v) is 9.14. The number of nitrogens with zero attached hydrogens (tertiary/aromatic N) is 3. The van der Waals surface area contributed by atoms with Crippen molar-refractivity contribution in [2.75, 3.05) is 12.0 Å². The van der Waals surface area contributed by atoms with Crippen molar-refractivity contribution in [3.8, 4) is 11.6 Å². The number of hydrogen-bond donors (Lipinski definition) is 1. The number of carbonyl (C=O) groups excluding carboxylic acids is 1. The summed E-state index contributed by atoms with van der Waals surface area (Å²) >= 11 is 1.50. The van der Waals surface area contributed by atoms with Gasteiger partial charge in [-0.2, -0.15) is 5.10 Å². The van der Waals surface area contributed by atoms with E-state index in [1.807, 2.05) is 24.4 Å². The second-order valence-electron chi connectivity index (χ2n) is 5.44. The summed E-state index contributed by atoms with van der Waals surface area (Å²) in [5.41, 5.74) is 5.14. The Labute approximate surface area is 160 Å². The summed E-state index contributed by atoms with van der Waals surface area (Å²) in [5.74, 6) is 0.520. The fraction of sp³-hybridized carbons (Fsp3) is 0.158. The molecule has 1 N–H and O–H groups in total. The minimum absolute atomic E-state index is 0.317. The number of esters is 1. The number of thiazole rings is 1. The number of ether oxygens (including phenoxy) is 2. The smallest absolute Gasteiger partial charge is 0.338 e. The van der Waals surface area contributed by atoms with E-state index in [0.717, 1.165) is 16.4 Å². The van der Waals surface area contributed by atoms with Crippen molar-refractivity contribution < 1.29 is 14.3 Å². The number of aromatic nitrogens is 2. The molecular weight excluding hydrogens is 364 g/mol. The predicted octanol–water partition coefficient (Wildman–Crippen LogP) is 4.26. The number of aryl methyl sites for hydroxylation is 1. The van der Waals surface area contributed by atoms with Gasteiger partial charge in [-0.15, -0.1) is 11.3 Å². The highest BCUT2D eigenvalue weighted by Crippen LogP contribution is 2.20. The quantitative estimate of drug-likeness (QED) is 0.373. The van der Waals surface area contributed by atoms with Gasteiger partial charge in [-0.25, -0.2) is 14.8 Å². The van der Waals surface area contributed by atoms with Gasteiger partial charge in [0.15, 0.2) is 0 Å². The molecule has 0 radical (unpaired) electrons. The lowest BCUT2D eigenvalue weighted by Gasteiger charge is -2.06. The van der Waals surface area contributed by atoms with E-state index in [9.17, 15) is 4.79 Å². The first-order chi connectivity index (χ1) is 13.1. The Morgan fingerprint density at radius 3 is 2.81 bits per heavy atom. The van der Waals surface area contributed by atoms with E-state index in [1.165, 1.54) is 17.5 Å². The van der Waals surface area contributed by atoms with Crippen molar-refractivity contribution in [3.63, 3.8) is 0 Å². The van der Waals surface area contributed by atoms with Gasteiger partial charge in [0.05, 0.1) is 24.1 Å². The Kier molecular flexibility index (Phi) is 6.11. The van der Waals surface area contributed by atoms with Crippen LogP contribution in [0.25, 0.3) is 0 Å². The molecule has 0 aliphatic heterocycles. The second-order valence-corrected chi connectivity index (χ2v) is 6.30. The Hall–Kier alpha value is -3.26. The van der Waals surface area contributed by atoms with Crippen molar-refractivity contribution in [3.05, 3.63) is 64.8 Å². The van der Waals surface area contributed by atoms with Gasteiger partial charge in [-0.1, -0.05) is 0 Å². The zero-order valence-corrected chi connectivity index (χ0v) is 15.7. The molecule has 3 rings (SSSR count). The predicted molar refractivity (Wildman–Crippen MR) is 105 cm³/mol. The summed E-state index contributed by atoms with van der Waals surface area (Å²) in [4.78, 5) is 20.1. The number of hydrazone groups is 1. The molecule has 2 heterocycles. The van der Waals surface area contributed by atoms with Gasteiger partial charge in [-0.3, -0.25) is 5.43 Å². The topological polar surface area (TPSA) is 85.7 Å². The number of rotatable bonds is 7. The van der Waals surface area contributed by atoms with Gasteiger partial charge in [-0.05, 0) is 49.7 Å². The van der Waals surface area contributed by atoms with Crippen molar-refractivity contribution in [1.29, 1.82) is 0 Å². The fourth-order valence-electron chi connectivity index (χ4n) is 2.12. The van der Waals surface area contributed by atoms with Crippen molar-refractivity contribution in [1.82, 2.24) is 9.97 Å². The lowest BCUT2D eigenvalue weighted by atomic mass is 10.2. The normalized spacial score (nSPS) is 10.7. The third-order valence-corrected chi connectivity index (χ3v) is 4.21. The molecule has 0 saturated carbocycles. The van der Waals surface area contributed by atoms with E-state index in [-0.39, 0.29) is 0 Å². The highest BCUT2D eigenvalue weighted by Gasteiger charge is 2.08. The van der Waals surface area contributed by atoms with Crippen LogP contribution in [-0.2, 0) is 4.74 Å². The molecule has 1 aromatic carbocycles. The number of benzene rings is 1.